The number of ether oxygens (including phenoxy) is 2. The SMILES string of the molecule is COc1ccc(-c2ccnc3cc(C(=O)N4CCN(C(=O)c5ccc[nH]5)C(C)C4)nn23)cc1OC. The van der Waals surface area contributed by atoms with Crippen LogP contribution in [0.25, 0.3) is 16.9 Å². The molecule has 1 N–H and O–H groups in total. The third-order valence-electron chi connectivity index (χ3n) is 6.26. The number of fused-ring (bicyclic) bond motifs is 1. The molecule has 1 fully saturated rings. The lowest BCUT2D eigenvalue weighted by molar-refractivity contribution is 0.0408. The van der Waals surface area contributed by atoms with E-state index in [0.717, 1.165) is 11.3 Å². The lowest BCUT2D eigenvalue weighted by Gasteiger charge is -2.39. The first-order valence-corrected chi connectivity index (χ1v) is 11.3. The van der Waals surface area contributed by atoms with Crippen LogP contribution < -0.4 is 9.47 Å². The summed E-state index contributed by atoms with van der Waals surface area (Å²) in [4.78, 5) is 36.9. The molecule has 1 unspecified atom stereocenters. The molecule has 1 aromatic carbocycles. The fourth-order valence-electron chi connectivity index (χ4n) is 4.44. The standard InChI is InChI=1S/C25H26N6O4/c1-16-15-29(11-12-30(16)25(33)18-5-4-9-26-18)24(32)19-14-23-27-10-8-20(31(23)28-19)17-6-7-21(34-2)22(13-17)35-3/h4-10,13-14,16,26H,11-12,15H2,1-3H3. The lowest BCUT2D eigenvalue weighted by atomic mass is 10.1. The minimum atomic E-state index is -0.187. The molecule has 0 spiro atoms. The molecule has 4 aromatic rings. The highest BCUT2D eigenvalue weighted by molar-refractivity contribution is 5.95. The van der Waals surface area contributed by atoms with Gasteiger partial charge in [0.1, 0.15) is 5.69 Å². The molecule has 1 saturated heterocycles. The predicted octanol–water partition coefficient (Wildman–Crippen LogP) is 2.73. The number of H-pyrrole nitrogens is 1. The van der Waals surface area contributed by atoms with Gasteiger partial charge < -0.3 is 24.3 Å². The Hall–Kier alpha value is -4.34. The number of rotatable bonds is 5. The minimum absolute atomic E-state index is 0.0638. The van der Waals surface area contributed by atoms with E-state index in [1.54, 1.807) is 59.1 Å². The average Bonchev–Trinajstić information content (AvgIpc) is 3.57. The summed E-state index contributed by atoms with van der Waals surface area (Å²) < 4.78 is 12.4. The molecular formula is C25H26N6O4. The van der Waals surface area contributed by atoms with Gasteiger partial charge in [0.05, 0.1) is 19.9 Å². The smallest absolute Gasteiger partial charge is 0.274 e. The highest BCUT2D eigenvalue weighted by atomic mass is 16.5. The third kappa shape index (κ3) is 4.07. The van der Waals surface area contributed by atoms with E-state index in [1.165, 1.54) is 0 Å². The fraction of sp³-hybridized carbons (Fsp3) is 0.280. The van der Waals surface area contributed by atoms with Crippen molar-refractivity contribution in [2.45, 2.75) is 13.0 Å². The maximum atomic E-state index is 13.3. The van der Waals surface area contributed by atoms with Gasteiger partial charge in [-0.2, -0.15) is 5.10 Å². The zero-order valence-corrected chi connectivity index (χ0v) is 19.8. The van der Waals surface area contributed by atoms with Gasteiger partial charge in [-0.05, 0) is 43.3 Å². The largest absolute Gasteiger partial charge is 0.493 e. The van der Waals surface area contributed by atoms with Crippen molar-refractivity contribution in [1.29, 1.82) is 0 Å². The number of hydrogen-bond acceptors (Lipinski definition) is 6. The molecule has 0 bridgehead atoms. The summed E-state index contributed by atoms with van der Waals surface area (Å²) in [7, 11) is 3.17. The minimum Gasteiger partial charge on any atom is -0.493 e. The first-order chi connectivity index (χ1) is 17.0. The van der Waals surface area contributed by atoms with Crippen molar-refractivity contribution in [2.75, 3.05) is 33.9 Å². The number of carbonyl (C=O) groups excluding carboxylic acids is 2. The molecule has 4 heterocycles. The van der Waals surface area contributed by atoms with E-state index in [1.807, 2.05) is 31.2 Å². The van der Waals surface area contributed by atoms with Crippen LogP contribution >= 0.6 is 0 Å². The molecule has 1 aliphatic heterocycles. The van der Waals surface area contributed by atoms with E-state index in [2.05, 4.69) is 15.1 Å². The molecule has 180 valence electrons. The first-order valence-electron chi connectivity index (χ1n) is 11.3. The van der Waals surface area contributed by atoms with Gasteiger partial charge in [-0.1, -0.05) is 0 Å². The Balaban J connectivity index is 1.38. The van der Waals surface area contributed by atoms with E-state index < -0.39 is 0 Å². The summed E-state index contributed by atoms with van der Waals surface area (Å²) in [6, 6.07) is 12.5. The van der Waals surface area contributed by atoms with Gasteiger partial charge in [-0.15, -0.1) is 0 Å². The molecule has 10 heteroatoms. The van der Waals surface area contributed by atoms with Crippen LogP contribution in [-0.4, -0.2) is 81.1 Å². The summed E-state index contributed by atoms with van der Waals surface area (Å²) >= 11 is 0. The van der Waals surface area contributed by atoms with Crippen LogP contribution in [0.3, 0.4) is 0 Å². The molecule has 0 saturated carbocycles. The Morgan fingerprint density at radius 1 is 1.03 bits per heavy atom. The van der Waals surface area contributed by atoms with Gasteiger partial charge in [0.25, 0.3) is 11.8 Å². The normalized spacial score (nSPS) is 15.9. The molecule has 1 atom stereocenters. The number of carbonyl (C=O) groups is 2. The third-order valence-corrected chi connectivity index (χ3v) is 6.26. The number of aromatic amines is 1. The van der Waals surface area contributed by atoms with Crippen molar-refractivity contribution in [3.8, 4) is 22.8 Å². The highest BCUT2D eigenvalue weighted by Crippen LogP contribution is 2.32. The summed E-state index contributed by atoms with van der Waals surface area (Å²) in [5, 5.41) is 4.59. The van der Waals surface area contributed by atoms with Crippen LogP contribution in [0.4, 0.5) is 0 Å². The molecular weight excluding hydrogens is 448 g/mol. The summed E-state index contributed by atoms with van der Waals surface area (Å²) in [6.45, 7) is 3.25. The molecule has 5 rings (SSSR count). The monoisotopic (exact) mass is 474 g/mol. The molecule has 3 aromatic heterocycles. The van der Waals surface area contributed by atoms with Crippen molar-refractivity contribution in [2.24, 2.45) is 0 Å². The first kappa shape index (κ1) is 22.5. The van der Waals surface area contributed by atoms with Crippen LogP contribution in [0, 0.1) is 0 Å². The zero-order chi connectivity index (χ0) is 24.5. The maximum Gasteiger partial charge on any atom is 0.274 e. The number of hydrogen-bond donors (Lipinski definition) is 1. The molecule has 2 amide bonds. The number of amides is 2. The van der Waals surface area contributed by atoms with Gasteiger partial charge in [0.15, 0.2) is 22.8 Å². The summed E-state index contributed by atoms with van der Waals surface area (Å²) in [5.41, 5.74) is 3.04. The molecule has 35 heavy (non-hydrogen) atoms. The summed E-state index contributed by atoms with van der Waals surface area (Å²) in [5.74, 6) is 0.971. The van der Waals surface area contributed by atoms with Crippen LogP contribution in [0.5, 0.6) is 11.5 Å². The number of aromatic nitrogens is 4. The van der Waals surface area contributed by atoms with Gasteiger partial charge in [-0.25, -0.2) is 9.50 Å². The van der Waals surface area contributed by atoms with E-state index in [9.17, 15) is 9.59 Å². The maximum absolute atomic E-state index is 13.3. The molecule has 1 aliphatic rings. The number of nitrogens with one attached hydrogen (secondary N) is 1. The Bertz CT molecular complexity index is 1380. The Morgan fingerprint density at radius 3 is 2.57 bits per heavy atom. The highest BCUT2D eigenvalue weighted by Gasteiger charge is 2.32. The second kappa shape index (κ2) is 9.13. The van der Waals surface area contributed by atoms with Crippen LogP contribution in [0.15, 0.2) is 54.9 Å². The fourth-order valence-corrected chi connectivity index (χ4v) is 4.44. The van der Waals surface area contributed by atoms with Gasteiger partial charge in [0.2, 0.25) is 0 Å². The van der Waals surface area contributed by atoms with Crippen molar-refractivity contribution < 1.29 is 19.1 Å². The van der Waals surface area contributed by atoms with Crippen molar-refractivity contribution in [3.05, 3.63) is 66.2 Å². The van der Waals surface area contributed by atoms with E-state index in [0.29, 0.717) is 48.2 Å². The predicted molar refractivity (Wildman–Crippen MR) is 129 cm³/mol. The lowest BCUT2D eigenvalue weighted by Crippen LogP contribution is -2.55. The van der Waals surface area contributed by atoms with E-state index in [4.69, 9.17) is 9.47 Å². The molecule has 10 nitrogen and oxygen atoms in total. The van der Waals surface area contributed by atoms with Gasteiger partial charge >= 0.3 is 0 Å². The quantitative estimate of drug-likeness (QED) is 0.477. The number of methoxy groups -OCH3 is 2. The van der Waals surface area contributed by atoms with Gasteiger partial charge in [-0.3, -0.25) is 9.59 Å². The van der Waals surface area contributed by atoms with Crippen molar-refractivity contribution in [1.82, 2.24) is 29.4 Å². The average molecular weight is 475 g/mol. The Kier molecular flexibility index (Phi) is 5.86. The van der Waals surface area contributed by atoms with Crippen molar-refractivity contribution >= 4 is 17.5 Å². The molecule has 0 radical (unpaired) electrons. The second-order valence-electron chi connectivity index (χ2n) is 8.38. The van der Waals surface area contributed by atoms with Crippen LogP contribution in [0.1, 0.15) is 27.9 Å². The van der Waals surface area contributed by atoms with E-state index in [-0.39, 0.29) is 17.9 Å². The Morgan fingerprint density at radius 2 is 1.86 bits per heavy atom. The summed E-state index contributed by atoms with van der Waals surface area (Å²) in [6.07, 6.45) is 3.41. The zero-order valence-electron chi connectivity index (χ0n) is 19.8. The molecule has 0 aliphatic carbocycles. The second-order valence-corrected chi connectivity index (χ2v) is 8.38. The topological polar surface area (TPSA) is 105 Å². The van der Waals surface area contributed by atoms with E-state index >= 15 is 0 Å². The Labute approximate surface area is 202 Å². The van der Waals surface area contributed by atoms with Crippen LogP contribution in [-0.2, 0) is 0 Å². The van der Waals surface area contributed by atoms with Gasteiger partial charge in [0, 0.05) is 49.7 Å². The number of benzene rings is 1. The van der Waals surface area contributed by atoms with Crippen LogP contribution in [0.2, 0.25) is 0 Å². The van der Waals surface area contributed by atoms with Crippen molar-refractivity contribution in [3.63, 3.8) is 0 Å². The number of nitrogens with zero attached hydrogens (tertiary/aromatic N) is 5. The number of piperazine rings is 1.